The molecule has 2 unspecified atom stereocenters. The molecule has 0 bridgehead atoms. The summed E-state index contributed by atoms with van der Waals surface area (Å²) in [4.78, 5) is 26.6. The number of H-pyrrole nitrogens is 1. The first-order valence-electron chi connectivity index (χ1n) is 11.1. The first-order valence-corrected chi connectivity index (χ1v) is 17.0. The molecule has 1 fully saturated rings. The van der Waals surface area contributed by atoms with Crippen molar-refractivity contribution < 1.29 is 13.6 Å². The normalized spacial score (nSPS) is 23.4. The first kappa shape index (κ1) is 26.2. The summed E-state index contributed by atoms with van der Waals surface area (Å²) in [7, 11) is -4.02. The van der Waals surface area contributed by atoms with Crippen molar-refractivity contribution in [1.29, 1.82) is 0 Å². The fourth-order valence-corrected chi connectivity index (χ4v) is 5.38. The van der Waals surface area contributed by atoms with Gasteiger partial charge in [0.25, 0.3) is 5.56 Å². The van der Waals surface area contributed by atoms with Gasteiger partial charge in [-0.2, -0.15) is 0 Å². The van der Waals surface area contributed by atoms with Crippen molar-refractivity contribution in [1.82, 2.24) is 9.55 Å². The van der Waals surface area contributed by atoms with Crippen LogP contribution in [0, 0.1) is 6.92 Å². The van der Waals surface area contributed by atoms with Crippen LogP contribution in [0.25, 0.3) is 0 Å². The average molecular weight is 471 g/mol. The maximum Gasteiger partial charge on any atom is 0.330 e. The van der Waals surface area contributed by atoms with Crippen molar-refractivity contribution in [3.63, 3.8) is 0 Å². The molecule has 3 atom stereocenters. The number of hydrogen-bond donors (Lipinski definition) is 1. The predicted octanol–water partition coefficient (Wildman–Crippen LogP) is 4.54. The lowest BCUT2D eigenvalue weighted by Crippen LogP contribution is -2.48. The fraction of sp³-hybridized carbons (Fsp3) is 0.818. The topological polar surface area (TPSA) is 82.6 Å². The molecule has 0 amide bonds. The van der Waals surface area contributed by atoms with Crippen LogP contribution in [-0.2, 0) is 13.6 Å². The van der Waals surface area contributed by atoms with Crippen LogP contribution in [0.5, 0.6) is 0 Å². The van der Waals surface area contributed by atoms with E-state index >= 15 is 0 Å². The molecule has 1 saturated heterocycles. The highest BCUT2D eigenvalue weighted by molar-refractivity contribution is 6.74. The molecular weight excluding hydrogens is 428 g/mol. The van der Waals surface area contributed by atoms with Gasteiger partial charge in [0.2, 0.25) is 0 Å². The Morgan fingerprint density at radius 3 is 2.13 bits per heavy atom. The predicted molar refractivity (Wildman–Crippen MR) is 130 cm³/mol. The van der Waals surface area contributed by atoms with Crippen LogP contribution in [0.4, 0.5) is 0 Å². The number of rotatable bonds is 6. The number of aromatic nitrogens is 2. The van der Waals surface area contributed by atoms with Gasteiger partial charge in [-0.3, -0.25) is 14.3 Å². The molecule has 178 valence electrons. The Balaban J connectivity index is 2.32. The van der Waals surface area contributed by atoms with Crippen molar-refractivity contribution >= 4 is 16.6 Å². The zero-order chi connectivity index (χ0) is 24.0. The summed E-state index contributed by atoms with van der Waals surface area (Å²) in [5.74, 6) is 0. The number of nitrogens with zero attached hydrogens (tertiary/aromatic N) is 1. The van der Waals surface area contributed by atoms with Crippen LogP contribution in [-0.4, -0.2) is 45.0 Å². The summed E-state index contributed by atoms with van der Waals surface area (Å²) in [6.45, 7) is 24.3. The van der Waals surface area contributed by atoms with E-state index in [0.717, 1.165) is 0 Å². The monoisotopic (exact) mass is 470 g/mol. The van der Waals surface area contributed by atoms with Gasteiger partial charge in [-0.1, -0.05) is 41.5 Å². The molecular formula is C22H42N2O5Si2. The van der Waals surface area contributed by atoms with E-state index in [4.69, 9.17) is 13.6 Å². The molecule has 1 aromatic rings. The maximum absolute atomic E-state index is 12.5. The van der Waals surface area contributed by atoms with E-state index in [2.05, 4.69) is 72.7 Å². The summed E-state index contributed by atoms with van der Waals surface area (Å²) in [5, 5.41) is 0.148. The third-order valence-electron chi connectivity index (χ3n) is 7.30. The second-order valence-electron chi connectivity index (χ2n) is 11.8. The van der Waals surface area contributed by atoms with Gasteiger partial charge in [0, 0.05) is 18.2 Å². The van der Waals surface area contributed by atoms with Crippen molar-refractivity contribution in [2.24, 2.45) is 0 Å². The third kappa shape index (κ3) is 5.87. The molecule has 7 nitrogen and oxygen atoms in total. The molecule has 0 aromatic carbocycles. The highest BCUT2D eigenvalue weighted by atomic mass is 28.4. The standard InChI is InChI=1S/C22H42N2O5Si2/c1-15-13-24(20(26)23-19(15)25)18-12-16(29-31(10,11)22(5,6)7)17(28-18)14-27-30(8,9)21(2,3)4/h13,16-18H,12,14H2,1-11H3,(H,23,25,26)/t16?,17-,18?/m1/s1. The smallest absolute Gasteiger partial charge is 0.330 e. The lowest BCUT2D eigenvalue weighted by molar-refractivity contribution is -0.0413. The Hall–Kier alpha value is -1.01. The Morgan fingerprint density at radius 1 is 1.06 bits per heavy atom. The van der Waals surface area contributed by atoms with Gasteiger partial charge in [0.1, 0.15) is 12.3 Å². The van der Waals surface area contributed by atoms with Crippen molar-refractivity contribution in [3.8, 4) is 0 Å². The van der Waals surface area contributed by atoms with E-state index < -0.39 is 28.6 Å². The van der Waals surface area contributed by atoms with E-state index in [0.29, 0.717) is 18.6 Å². The van der Waals surface area contributed by atoms with Gasteiger partial charge in [-0.15, -0.1) is 0 Å². The van der Waals surface area contributed by atoms with E-state index in [-0.39, 0.29) is 27.8 Å². The summed E-state index contributed by atoms with van der Waals surface area (Å²) in [5.41, 5.74) is -0.352. The number of aromatic amines is 1. The van der Waals surface area contributed by atoms with Gasteiger partial charge in [-0.25, -0.2) is 4.79 Å². The number of nitrogens with one attached hydrogen (secondary N) is 1. The molecule has 1 aliphatic heterocycles. The van der Waals surface area contributed by atoms with Crippen LogP contribution in [0.1, 0.15) is 59.8 Å². The molecule has 1 aliphatic rings. The minimum Gasteiger partial charge on any atom is -0.414 e. The van der Waals surface area contributed by atoms with Gasteiger partial charge in [0.15, 0.2) is 16.6 Å². The quantitative estimate of drug-likeness (QED) is 0.617. The molecule has 0 aliphatic carbocycles. The van der Waals surface area contributed by atoms with Gasteiger partial charge >= 0.3 is 5.69 Å². The third-order valence-corrected chi connectivity index (χ3v) is 16.3. The number of ether oxygens (including phenoxy) is 1. The van der Waals surface area contributed by atoms with Crippen molar-refractivity contribution in [2.45, 2.75) is 110 Å². The molecule has 31 heavy (non-hydrogen) atoms. The van der Waals surface area contributed by atoms with Crippen molar-refractivity contribution in [3.05, 3.63) is 32.6 Å². The van der Waals surface area contributed by atoms with E-state index in [1.165, 1.54) is 4.57 Å². The maximum atomic E-state index is 12.5. The highest BCUT2D eigenvalue weighted by Gasteiger charge is 2.46. The summed E-state index contributed by atoms with van der Waals surface area (Å²) in [6, 6.07) is 0. The average Bonchev–Trinajstić information content (AvgIpc) is 2.96. The highest BCUT2D eigenvalue weighted by Crippen LogP contribution is 2.42. The zero-order valence-electron chi connectivity index (χ0n) is 21.2. The minimum atomic E-state index is -2.06. The van der Waals surface area contributed by atoms with Crippen LogP contribution >= 0.6 is 0 Å². The van der Waals surface area contributed by atoms with E-state index in [9.17, 15) is 9.59 Å². The molecule has 0 radical (unpaired) electrons. The van der Waals surface area contributed by atoms with Crippen LogP contribution < -0.4 is 11.2 Å². The Morgan fingerprint density at radius 2 is 1.61 bits per heavy atom. The fourth-order valence-electron chi connectivity index (χ4n) is 3.01. The zero-order valence-corrected chi connectivity index (χ0v) is 23.2. The Labute approximate surface area is 188 Å². The second-order valence-corrected chi connectivity index (χ2v) is 21.4. The molecule has 0 spiro atoms. The van der Waals surface area contributed by atoms with Crippen molar-refractivity contribution in [2.75, 3.05) is 6.61 Å². The lowest BCUT2D eigenvalue weighted by Gasteiger charge is -2.40. The van der Waals surface area contributed by atoms with Gasteiger partial charge in [-0.05, 0) is 43.2 Å². The summed E-state index contributed by atoms with van der Waals surface area (Å²) >= 11 is 0. The second kappa shape index (κ2) is 8.74. The molecule has 1 N–H and O–H groups in total. The van der Waals surface area contributed by atoms with E-state index in [1.807, 2.05) is 0 Å². The van der Waals surface area contributed by atoms with Crippen LogP contribution in [0.3, 0.4) is 0 Å². The largest absolute Gasteiger partial charge is 0.414 e. The lowest BCUT2D eigenvalue weighted by atomic mass is 10.2. The van der Waals surface area contributed by atoms with Crippen LogP contribution in [0.15, 0.2) is 15.8 Å². The molecule has 2 rings (SSSR count). The summed E-state index contributed by atoms with van der Waals surface area (Å²) < 4.78 is 21.0. The molecule has 0 saturated carbocycles. The minimum absolute atomic E-state index is 0.0569. The first-order chi connectivity index (χ1) is 13.9. The SMILES string of the molecule is Cc1cn(C2CC(O[Si](C)(C)C(C)(C)C)[C@@H](CO[Si](C)(C)C(C)(C)C)O2)c(=O)[nH]c1=O. The Kier molecular flexibility index (Phi) is 7.40. The number of aryl methyl sites for hydroxylation is 1. The number of hydrogen-bond acceptors (Lipinski definition) is 5. The molecule has 2 heterocycles. The van der Waals surface area contributed by atoms with E-state index in [1.54, 1.807) is 13.1 Å². The van der Waals surface area contributed by atoms with Gasteiger partial charge in [0.05, 0.1) is 12.7 Å². The van der Waals surface area contributed by atoms with Gasteiger partial charge < -0.3 is 13.6 Å². The molecule has 1 aromatic heterocycles. The summed E-state index contributed by atoms with van der Waals surface area (Å²) in [6.07, 6.45) is 1.18. The van der Waals surface area contributed by atoms with Crippen LogP contribution in [0.2, 0.25) is 36.3 Å². The Bertz CT molecular complexity index is 893. The molecule has 9 heteroatoms.